The van der Waals surface area contributed by atoms with E-state index in [-0.39, 0.29) is 11.7 Å². The second-order valence-corrected chi connectivity index (χ2v) is 8.92. The number of halogens is 1. The van der Waals surface area contributed by atoms with Gasteiger partial charge in [-0.15, -0.1) is 10.2 Å². The van der Waals surface area contributed by atoms with Crippen LogP contribution in [0.5, 0.6) is 0 Å². The molecule has 1 heterocycles. The number of amides is 1. The molecule has 6 nitrogen and oxygen atoms in total. The highest BCUT2D eigenvalue weighted by molar-refractivity contribution is 7.99. The topological polar surface area (TPSA) is 71.8 Å². The molecule has 1 amide bonds. The number of rotatable bonds is 9. The maximum Gasteiger partial charge on any atom is 0.234 e. The first-order valence-corrected chi connectivity index (χ1v) is 11.9. The zero-order chi connectivity index (χ0) is 23.0. The zero-order valence-corrected chi connectivity index (χ0v) is 19.7. The Kier molecular flexibility index (Phi) is 7.65. The SMILES string of the molecule is Cc1cccc(NC(=O)CSc2nnc(CNc3ccc(Cl)cc3)n2Cc2ccccc2)c1. The Morgan fingerprint density at radius 2 is 1.76 bits per heavy atom. The van der Waals surface area contributed by atoms with Gasteiger partial charge in [-0.25, -0.2) is 0 Å². The molecule has 0 unspecified atom stereocenters. The van der Waals surface area contributed by atoms with Crippen LogP contribution in [0.1, 0.15) is 17.0 Å². The van der Waals surface area contributed by atoms with Gasteiger partial charge in [0.2, 0.25) is 5.91 Å². The normalized spacial score (nSPS) is 10.7. The minimum absolute atomic E-state index is 0.0827. The van der Waals surface area contributed by atoms with E-state index in [1.165, 1.54) is 11.8 Å². The Morgan fingerprint density at radius 1 is 0.970 bits per heavy atom. The Hall–Kier alpha value is -3.29. The van der Waals surface area contributed by atoms with Gasteiger partial charge in [0.15, 0.2) is 11.0 Å². The molecule has 0 atom stereocenters. The molecule has 8 heteroatoms. The molecule has 4 aromatic rings. The third-order valence-corrected chi connectivity index (χ3v) is 6.12. The van der Waals surface area contributed by atoms with Gasteiger partial charge in [-0.1, -0.05) is 65.8 Å². The number of aromatic nitrogens is 3. The average molecular weight is 478 g/mol. The third-order valence-electron chi connectivity index (χ3n) is 4.91. The van der Waals surface area contributed by atoms with Crippen molar-refractivity contribution < 1.29 is 4.79 Å². The smallest absolute Gasteiger partial charge is 0.234 e. The standard InChI is InChI=1S/C25H24ClN5OS/c1-18-6-5-9-22(14-18)28-24(32)17-33-25-30-29-23(15-27-21-12-10-20(26)11-13-21)31(25)16-19-7-3-2-4-8-19/h2-14,27H,15-17H2,1H3,(H,28,32). The number of nitrogens with zero attached hydrogens (tertiary/aromatic N) is 3. The molecule has 2 N–H and O–H groups in total. The molecule has 1 aromatic heterocycles. The summed E-state index contributed by atoms with van der Waals surface area (Å²) in [6.07, 6.45) is 0. The lowest BCUT2D eigenvalue weighted by Gasteiger charge is -2.12. The number of nitrogens with one attached hydrogen (secondary N) is 2. The fourth-order valence-electron chi connectivity index (χ4n) is 3.28. The van der Waals surface area contributed by atoms with Gasteiger partial charge in [-0.3, -0.25) is 4.79 Å². The molecular formula is C25H24ClN5OS. The van der Waals surface area contributed by atoms with Crippen molar-refractivity contribution in [3.63, 3.8) is 0 Å². The lowest BCUT2D eigenvalue weighted by Crippen LogP contribution is -2.15. The predicted octanol–water partition coefficient (Wildman–Crippen LogP) is 5.63. The van der Waals surface area contributed by atoms with Gasteiger partial charge in [0.25, 0.3) is 0 Å². The van der Waals surface area contributed by atoms with Gasteiger partial charge < -0.3 is 15.2 Å². The van der Waals surface area contributed by atoms with E-state index in [0.29, 0.717) is 23.3 Å². The summed E-state index contributed by atoms with van der Waals surface area (Å²) in [6.45, 7) is 3.11. The van der Waals surface area contributed by atoms with E-state index in [2.05, 4.69) is 33.0 Å². The van der Waals surface area contributed by atoms with Crippen molar-refractivity contribution in [1.82, 2.24) is 14.8 Å². The third kappa shape index (κ3) is 6.60. The Labute approximate surface area is 202 Å². The minimum Gasteiger partial charge on any atom is -0.378 e. The summed E-state index contributed by atoms with van der Waals surface area (Å²) in [5.41, 5.74) is 3.97. The molecule has 3 aromatic carbocycles. The number of hydrogen-bond donors (Lipinski definition) is 2. The number of hydrogen-bond acceptors (Lipinski definition) is 5. The van der Waals surface area contributed by atoms with Crippen molar-refractivity contribution in [2.75, 3.05) is 16.4 Å². The molecule has 4 rings (SSSR count). The maximum atomic E-state index is 12.5. The van der Waals surface area contributed by atoms with Crippen LogP contribution in [0.3, 0.4) is 0 Å². The molecule has 33 heavy (non-hydrogen) atoms. The van der Waals surface area contributed by atoms with Gasteiger partial charge in [0.05, 0.1) is 18.8 Å². The summed E-state index contributed by atoms with van der Waals surface area (Å²) in [6, 6.07) is 25.4. The number of benzene rings is 3. The van der Waals surface area contributed by atoms with E-state index >= 15 is 0 Å². The fraction of sp³-hybridized carbons (Fsp3) is 0.160. The molecule has 0 aliphatic heterocycles. The van der Waals surface area contributed by atoms with Gasteiger partial charge in [0, 0.05) is 16.4 Å². The van der Waals surface area contributed by atoms with Crippen LogP contribution in [0.4, 0.5) is 11.4 Å². The van der Waals surface area contributed by atoms with Crippen molar-refractivity contribution in [2.45, 2.75) is 25.2 Å². The molecule has 0 bridgehead atoms. The van der Waals surface area contributed by atoms with Crippen LogP contribution < -0.4 is 10.6 Å². The minimum atomic E-state index is -0.0827. The maximum absolute atomic E-state index is 12.5. The van der Waals surface area contributed by atoms with Crippen molar-refractivity contribution in [1.29, 1.82) is 0 Å². The van der Waals surface area contributed by atoms with Gasteiger partial charge >= 0.3 is 0 Å². The van der Waals surface area contributed by atoms with E-state index in [4.69, 9.17) is 11.6 Å². The number of carbonyl (C=O) groups excluding carboxylic acids is 1. The summed E-state index contributed by atoms with van der Waals surface area (Å²) in [7, 11) is 0. The molecule has 0 saturated heterocycles. The monoisotopic (exact) mass is 477 g/mol. The van der Waals surface area contributed by atoms with E-state index < -0.39 is 0 Å². The predicted molar refractivity (Wildman–Crippen MR) is 135 cm³/mol. The molecule has 0 fully saturated rings. The van der Waals surface area contributed by atoms with E-state index in [1.807, 2.05) is 78.2 Å². The summed E-state index contributed by atoms with van der Waals surface area (Å²) in [5, 5.41) is 16.4. The number of carbonyl (C=O) groups is 1. The molecule has 0 spiro atoms. The van der Waals surface area contributed by atoms with Gasteiger partial charge in [-0.05, 0) is 54.4 Å². The van der Waals surface area contributed by atoms with E-state index in [0.717, 1.165) is 28.3 Å². The fourth-order valence-corrected chi connectivity index (χ4v) is 4.16. The highest BCUT2D eigenvalue weighted by Gasteiger charge is 2.15. The molecular weight excluding hydrogens is 454 g/mol. The Morgan fingerprint density at radius 3 is 2.52 bits per heavy atom. The van der Waals surface area contributed by atoms with Crippen LogP contribution in [-0.2, 0) is 17.9 Å². The zero-order valence-electron chi connectivity index (χ0n) is 18.2. The molecule has 0 radical (unpaired) electrons. The second-order valence-electron chi connectivity index (χ2n) is 7.54. The summed E-state index contributed by atoms with van der Waals surface area (Å²) < 4.78 is 2.04. The van der Waals surface area contributed by atoms with Gasteiger partial charge in [0.1, 0.15) is 0 Å². The summed E-state index contributed by atoms with van der Waals surface area (Å²) >= 11 is 7.35. The lowest BCUT2D eigenvalue weighted by atomic mass is 10.2. The van der Waals surface area contributed by atoms with Crippen LogP contribution in [0.15, 0.2) is 84.0 Å². The highest BCUT2D eigenvalue weighted by Crippen LogP contribution is 2.21. The van der Waals surface area contributed by atoms with Crippen molar-refractivity contribution >= 4 is 40.6 Å². The highest BCUT2D eigenvalue weighted by atomic mass is 35.5. The Bertz CT molecular complexity index is 1210. The van der Waals surface area contributed by atoms with Crippen molar-refractivity contribution in [3.05, 3.63) is 101 Å². The molecule has 168 valence electrons. The van der Waals surface area contributed by atoms with Gasteiger partial charge in [-0.2, -0.15) is 0 Å². The van der Waals surface area contributed by atoms with Crippen LogP contribution in [0.2, 0.25) is 5.02 Å². The quantitative estimate of drug-likeness (QED) is 0.305. The number of anilines is 2. The Balaban J connectivity index is 1.46. The molecule has 0 aliphatic carbocycles. The summed E-state index contributed by atoms with van der Waals surface area (Å²) in [5.74, 6) is 0.946. The average Bonchev–Trinajstić information content (AvgIpc) is 3.19. The largest absolute Gasteiger partial charge is 0.378 e. The number of thioether (sulfide) groups is 1. The van der Waals surface area contributed by atoms with E-state index in [9.17, 15) is 4.79 Å². The van der Waals surface area contributed by atoms with Crippen LogP contribution in [0, 0.1) is 6.92 Å². The molecule has 0 saturated carbocycles. The van der Waals surface area contributed by atoms with E-state index in [1.54, 1.807) is 0 Å². The first-order valence-electron chi connectivity index (χ1n) is 10.5. The van der Waals surface area contributed by atoms with Crippen molar-refractivity contribution in [2.24, 2.45) is 0 Å². The van der Waals surface area contributed by atoms with Crippen LogP contribution >= 0.6 is 23.4 Å². The number of aryl methyl sites for hydroxylation is 1. The second kappa shape index (κ2) is 11.0. The first kappa shape index (κ1) is 22.9. The van der Waals surface area contributed by atoms with Crippen LogP contribution in [0.25, 0.3) is 0 Å². The van der Waals surface area contributed by atoms with Crippen molar-refractivity contribution in [3.8, 4) is 0 Å². The lowest BCUT2D eigenvalue weighted by molar-refractivity contribution is -0.113. The summed E-state index contributed by atoms with van der Waals surface area (Å²) in [4.78, 5) is 12.5. The van der Waals surface area contributed by atoms with Crippen LogP contribution in [-0.4, -0.2) is 26.4 Å². The molecule has 0 aliphatic rings. The first-order chi connectivity index (χ1) is 16.1.